The molecule has 1 heterocycles. The molecule has 1 saturated heterocycles. The van der Waals surface area contributed by atoms with Gasteiger partial charge in [0, 0.05) is 12.2 Å². The van der Waals surface area contributed by atoms with Crippen molar-refractivity contribution in [2.45, 2.75) is 44.6 Å². The van der Waals surface area contributed by atoms with Crippen LogP contribution in [0.15, 0.2) is 12.2 Å². The van der Waals surface area contributed by atoms with Crippen molar-refractivity contribution in [2.75, 3.05) is 12.4 Å². The van der Waals surface area contributed by atoms with Gasteiger partial charge in [0.2, 0.25) is 0 Å². The third-order valence-electron chi connectivity index (χ3n) is 2.78. The Hall–Kier alpha value is -0.480. The van der Waals surface area contributed by atoms with Crippen LogP contribution in [0.2, 0.25) is 0 Å². The molecule has 1 fully saturated rings. The smallest absolute Gasteiger partial charge is 0.333 e. The Morgan fingerprint density at radius 3 is 2.75 bits per heavy atom. The lowest BCUT2D eigenvalue weighted by Crippen LogP contribution is -2.42. The largest absolute Gasteiger partial charge is 0.452 e. The molecule has 0 bridgehead atoms. The van der Waals surface area contributed by atoms with E-state index in [1.54, 1.807) is 18.7 Å². The first-order valence-electron chi connectivity index (χ1n) is 5.67. The van der Waals surface area contributed by atoms with Gasteiger partial charge in [-0.3, -0.25) is 0 Å². The lowest BCUT2D eigenvalue weighted by molar-refractivity contribution is -0.164. The van der Waals surface area contributed by atoms with Gasteiger partial charge < -0.3 is 9.47 Å². The molecule has 0 aromatic heterocycles. The van der Waals surface area contributed by atoms with E-state index in [9.17, 15) is 4.79 Å². The van der Waals surface area contributed by atoms with Crippen molar-refractivity contribution in [3.05, 3.63) is 12.2 Å². The molecule has 2 atom stereocenters. The van der Waals surface area contributed by atoms with Crippen molar-refractivity contribution >= 4 is 17.7 Å². The molecular weight excluding hydrogens is 224 g/mol. The molecule has 0 amide bonds. The lowest BCUT2D eigenvalue weighted by Gasteiger charge is -2.33. The summed E-state index contributed by atoms with van der Waals surface area (Å²) in [6, 6.07) is 0. The second-order valence-corrected chi connectivity index (χ2v) is 5.17. The highest BCUT2D eigenvalue weighted by atomic mass is 32.2. The van der Waals surface area contributed by atoms with Gasteiger partial charge in [0.1, 0.15) is 11.0 Å². The minimum Gasteiger partial charge on any atom is -0.452 e. The summed E-state index contributed by atoms with van der Waals surface area (Å²) in [5.74, 6) is 0.663. The van der Waals surface area contributed by atoms with Crippen LogP contribution in [-0.4, -0.2) is 29.4 Å². The Morgan fingerprint density at radius 2 is 2.25 bits per heavy atom. The fourth-order valence-electron chi connectivity index (χ4n) is 1.75. The van der Waals surface area contributed by atoms with E-state index in [-0.39, 0.29) is 11.4 Å². The number of carbonyl (C=O) groups excluding carboxylic acids is 1. The highest BCUT2D eigenvalue weighted by Crippen LogP contribution is 2.42. The van der Waals surface area contributed by atoms with Gasteiger partial charge in [-0.25, -0.2) is 4.79 Å². The third-order valence-corrected chi connectivity index (χ3v) is 4.09. The molecule has 3 nitrogen and oxygen atoms in total. The highest BCUT2D eigenvalue weighted by Gasteiger charge is 2.46. The first-order chi connectivity index (χ1) is 7.55. The topological polar surface area (TPSA) is 35.5 Å². The van der Waals surface area contributed by atoms with Crippen LogP contribution in [-0.2, 0) is 14.3 Å². The lowest BCUT2D eigenvalue weighted by atomic mass is 9.98. The van der Waals surface area contributed by atoms with Gasteiger partial charge in [-0.1, -0.05) is 13.5 Å². The molecule has 1 rings (SSSR count). The zero-order valence-corrected chi connectivity index (χ0v) is 11.1. The maximum absolute atomic E-state index is 11.6. The van der Waals surface area contributed by atoms with Gasteiger partial charge in [0.25, 0.3) is 0 Å². The number of hydrogen-bond acceptors (Lipinski definition) is 4. The molecule has 0 aromatic rings. The monoisotopic (exact) mass is 244 g/mol. The van der Waals surface area contributed by atoms with Crippen molar-refractivity contribution < 1.29 is 14.3 Å². The van der Waals surface area contributed by atoms with Gasteiger partial charge in [0.15, 0.2) is 0 Å². The molecule has 1 aliphatic heterocycles. The number of carbonyl (C=O) groups is 1. The van der Waals surface area contributed by atoms with Crippen molar-refractivity contribution in [3.8, 4) is 0 Å². The number of hydrogen-bond donors (Lipinski definition) is 0. The maximum atomic E-state index is 11.6. The van der Waals surface area contributed by atoms with Gasteiger partial charge in [0.05, 0.1) is 0 Å². The van der Waals surface area contributed by atoms with E-state index in [0.29, 0.717) is 12.2 Å². The molecule has 0 N–H and O–H groups in total. The minimum atomic E-state index is -0.462. The normalized spacial score (nSPS) is 29.1. The fraction of sp³-hybridized carbons (Fsp3) is 0.750. The summed E-state index contributed by atoms with van der Waals surface area (Å²) in [5, 5.41) is 0. The summed E-state index contributed by atoms with van der Waals surface area (Å²) < 4.78 is 11.2. The molecule has 0 spiro atoms. The molecule has 4 heteroatoms. The fourth-order valence-corrected chi connectivity index (χ4v) is 3.29. The van der Waals surface area contributed by atoms with Crippen molar-refractivity contribution in [1.82, 2.24) is 0 Å². The van der Waals surface area contributed by atoms with E-state index in [1.165, 1.54) is 0 Å². The maximum Gasteiger partial charge on any atom is 0.333 e. The van der Waals surface area contributed by atoms with Crippen molar-refractivity contribution in [3.63, 3.8) is 0 Å². The Bertz CT molecular complexity index is 277. The van der Waals surface area contributed by atoms with Gasteiger partial charge >= 0.3 is 5.97 Å². The summed E-state index contributed by atoms with van der Waals surface area (Å²) in [7, 11) is 0. The SMILES string of the molecule is C=C(C)C(=O)OC1(CC)CCSC1OCC. The number of rotatable bonds is 5. The van der Waals surface area contributed by atoms with Crippen LogP contribution >= 0.6 is 11.8 Å². The van der Waals surface area contributed by atoms with Gasteiger partial charge in [-0.05, 0) is 32.4 Å². The summed E-state index contributed by atoms with van der Waals surface area (Å²) in [6.07, 6.45) is 1.64. The van der Waals surface area contributed by atoms with Crippen LogP contribution in [0.5, 0.6) is 0 Å². The molecule has 92 valence electrons. The van der Waals surface area contributed by atoms with Crippen LogP contribution in [0.1, 0.15) is 33.6 Å². The molecule has 0 aliphatic carbocycles. The average Bonchev–Trinajstić information content (AvgIpc) is 2.63. The predicted octanol–water partition coefficient (Wildman–Crippen LogP) is 2.75. The Morgan fingerprint density at radius 1 is 1.56 bits per heavy atom. The zero-order valence-electron chi connectivity index (χ0n) is 10.2. The van der Waals surface area contributed by atoms with E-state index in [4.69, 9.17) is 9.47 Å². The molecular formula is C12H20O3S. The van der Waals surface area contributed by atoms with Crippen molar-refractivity contribution in [1.29, 1.82) is 0 Å². The van der Waals surface area contributed by atoms with Crippen LogP contribution in [0.25, 0.3) is 0 Å². The van der Waals surface area contributed by atoms with E-state index >= 15 is 0 Å². The molecule has 0 radical (unpaired) electrons. The summed E-state index contributed by atoms with van der Waals surface area (Å²) in [6.45, 7) is 9.91. The first kappa shape index (κ1) is 13.6. The van der Waals surface area contributed by atoms with E-state index in [1.807, 2.05) is 13.8 Å². The van der Waals surface area contributed by atoms with Crippen LogP contribution < -0.4 is 0 Å². The van der Waals surface area contributed by atoms with Crippen LogP contribution in [0.4, 0.5) is 0 Å². The molecule has 0 saturated carbocycles. The molecule has 1 aliphatic rings. The average molecular weight is 244 g/mol. The summed E-state index contributed by atoms with van der Waals surface area (Å²) >= 11 is 1.72. The van der Waals surface area contributed by atoms with Crippen LogP contribution in [0, 0.1) is 0 Å². The van der Waals surface area contributed by atoms with Crippen molar-refractivity contribution in [2.24, 2.45) is 0 Å². The van der Waals surface area contributed by atoms with E-state index < -0.39 is 5.60 Å². The zero-order chi connectivity index (χ0) is 12.2. The molecule has 2 unspecified atom stereocenters. The van der Waals surface area contributed by atoms with Crippen LogP contribution in [0.3, 0.4) is 0 Å². The Balaban J connectivity index is 2.75. The second kappa shape index (κ2) is 5.73. The summed E-state index contributed by atoms with van der Waals surface area (Å²) in [4.78, 5) is 11.6. The van der Waals surface area contributed by atoms with Gasteiger partial charge in [-0.15, -0.1) is 11.8 Å². The number of thioether (sulfide) groups is 1. The van der Waals surface area contributed by atoms with E-state index in [2.05, 4.69) is 6.58 Å². The third kappa shape index (κ3) is 2.80. The Labute approximate surface area is 102 Å². The van der Waals surface area contributed by atoms with E-state index in [0.717, 1.165) is 18.6 Å². The second-order valence-electron chi connectivity index (χ2n) is 4.00. The Kier molecular flexibility index (Phi) is 4.87. The first-order valence-corrected chi connectivity index (χ1v) is 6.72. The minimum absolute atomic E-state index is 0.0363. The standard InChI is InChI=1S/C12H20O3S/c1-5-12(15-10(13)9(3)4)7-8-16-11(12)14-6-2/h11H,3,5-8H2,1-2,4H3. The van der Waals surface area contributed by atoms with Gasteiger partial charge in [-0.2, -0.15) is 0 Å². The quantitative estimate of drug-likeness (QED) is 0.550. The number of ether oxygens (including phenoxy) is 2. The number of esters is 1. The highest BCUT2D eigenvalue weighted by molar-refractivity contribution is 8.00. The predicted molar refractivity (Wildman–Crippen MR) is 66.4 cm³/mol. The summed E-state index contributed by atoms with van der Waals surface area (Å²) in [5.41, 5.74) is -0.0535. The molecule has 0 aromatic carbocycles. The molecule has 16 heavy (non-hydrogen) atoms.